The van der Waals surface area contributed by atoms with E-state index < -0.39 is 5.60 Å². The molecule has 1 fully saturated rings. The summed E-state index contributed by atoms with van der Waals surface area (Å²) in [7, 11) is 0. The summed E-state index contributed by atoms with van der Waals surface area (Å²) < 4.78 is 13.4. The van der Waals surface area contributed by atoms with Crippen LogP contribution >= 0.6 is 0 Å². The summed E-state index contributed by atoms with van der Waals surface area (Å²) in [4.78, 5) is 13.8. The van der Waals surface area contributed by atoms with Gasteiger partial charge in [0, 0.05) is 0 Å². The SMILES string of the molecule is CC(C)(O)[C@H]1CC[C@@H](c2cccc(F)c2)N1C(=O)CN. The second-order valence-corrected chi connectivity index (χ2v) is 5.82. The Morgan fingerprint density at radius 1 is 1.50 bits per heavy atom. The lowest BCUT2D eigenvalue weighted by Gasteiger charge is -2.37. The van der Waals surface area contributed by atoms with Gasteiger partial charge in [-0.2, -0.15) is 0 Å². The summed E-state index contributed by atoms with van der Waals surface area (Å²) >= 11 is 0. The second-order valence-electron chi connectivity index (χ2n) is 5.82. The van der Waals surface area contributed by atoms with Crippen molar-refractivity contribution in [2.24, 2.45) is 5.73 Å². The van der Waals surface area contributed by atoms with Crippen molar-refractivity contribution >= 4 is 5.91 Å². The van der Waals surface area contributed by atoms with Crippen LogP contribution in [0.2, 0.25) is 0 Å². The first-order valence-electron chi connectivity index (χ1n) is 6.83. The third-order valence-corrected chi connectivity index (χ3v) is 3.90. The Labute approximate surface area is 118 Å². The molecule has 4 nitrogen and oxygen atoms in total. The quantitative estimate of drug-likeness (QED) is 0.883. The topological polar surface area (TPSA) is 66.6 Å². The minimum absolute atomic E-state index is 0.113. The van der Waals surface area contributed by atoms with Crippen LogP contribution in [-0.2, 0) is 4.79 Å². The largest absolute Gasteiger partial charge is 0.388 e. The zero-order chi connectivity index (χ0) is 14.9. The number of rotatable bonds is 3. The normalized spacial score (nSPS) is 23.1. The lowest BCUT2D eigenvalue weighted by Crippen LogP contribution is -2.50. The van der Waals surface area contributed by atoms with Crippen molar-refractivity contribution < 1.29 is 14.3 Å². The molecule has 0 radical (unpaired) electrons. The molecule has 2 rings (SSSR count). The lowest BCUT2D eigenvalue weighted by atomic mass is 9.96. The van der Waals surface area contributed by atoms with Gasteiger partial charge in [-0.3, -0.25) is 4.79 Å². The minimum Gasteiger partial charge on any atom is -0.388 e. The van der Waals surface area contributed by atoms with Gasteiger partial charge in [0.2, 0.25) is 5.91 Å². The zero-order valence-electron chi connectivity index (χ0n) is 11.8. The summed E-state index contributed by atoms with van der Waals surface area (Å²) in [5, 5.41) is 10.2. The Hall–Kier alpha value is -1.46. The number of halogens is 1. The molecular formula is C15H21FN2O2. The van der Waals surface area contributed by atoms with Crippen LogP contribution in [0.1, 0.15) is 38.3 Å². The van der Waals surface area contributed by atoms with Crippen molar-refractivity contribution in [1.29, 1.82) is 0 Å². The highest BCUT2D eigenvalue weighted by Gasteiger charge is 2.43. The van der Waals surface area contributed by atoms with Crippen LogP contribution in [0, 0.1) is 5.82 Å². The molecule has 1 aromatic rings. The number of likely N-dealkylation sites (tertiary alicyclic amines) is 1. The van der Waals surface area contributed by atoms with Crippen molar-refractivity contribution in [3.8, 4) is 0 Å². The molecule has 0 aliphatic carbocycles. The molecule has 0 aromatic heterocycles. The molecule has 0 unspecified atom stereocenters. The maximum Gasteiger partial charge on any atom is 0.237 e. The minimum atomic E-state index is -1.01. The van der Waals surface area contributed by atoms with Gasteiger partial charge in [0.25, 0.3) is 0 Å². The smallest absolute Gasteiger partial charge is 0.237 e. The van der Waals surface area contributed by atoms with Gasteiger partial charge in [0.15, 0.2) is 0 Å². The van der Waals surface area contributed by atoms with Gasteiger partial charge >= 0.3 is 0 Å². The Balaban J connectivity index is 2.36. The Kier molecular flexibility index (Phi) is 4.11. The van der Waals surface area contributed by atoms with Crippen LogP contribution in [0.3, 0.4) is 0 Å². The molecule has 1 amide bonds. The highest BCUT2D eigenvalue weighted by atomic mass is 19.1. The van der Waals surface area contributed by atoms with E-state index in [9.17, 15) is 14.3 Å². The van der Waals surface area contributed by atoms with E-state index in [0.717, 1.165) is 5.56 Å². The average molecular weight is 280 g/mol. The van der Waals surface area contributed by atoms with Crippen LogP contribution in [0.5, 0.6) is 0 Å². The number of benzene rings is 1. The molecule has 2 atom stereocenters. The molecule has 1 aliphatic rings. The van der Waals surface area contributed by atoms with E-state index >= 15 is 0 Å². The Morgan fingerprint density at radius 3 is 2.75 bits per heavy atom. The van der Waals surface area contributed by atoms with Crippen LogP contribution in [-0.4, -0.2) is 34.1 Å². The molecule has 5 heteroatoms. The van der Waals surface area contributed by atoms with Gasteiger partial charge in [-0.15, -0.1) is 0 Å². The van der Waals surface area contributed by atoms with Crippen LogP contribution < -0.4 is 5.73 Å². The summed E-state index contributed by atoms with van der Waals surface area (Å²) in [6, 6.07) is 5.73. The van der Waals surface area contributed by atoms with Crippen molar-refractivity contribution in [3.63, 3.8) is 0 Å². The molecular weight excluding hydrogens is 259 g/mol. The molecule has 0 saturated carbocycles. The third kappa shape index (κ3) is 2.83. The molecule has 1 heterocycles. The van der Waals surface area contributed by atoms with Crippen molar-refractivity contribution in [1.82, 2.24) is 4.90 Å². The van der Waals surface area contributed by atoms with Gasteiger partial charge < -0.3 is 15.7 Å². The van der Waals surface area contributed by atoms with Crippen molar-refractivity contribution in [2.45, 2.75) is 44.4 Å². The number of hydrogen-bond donors (Lipinski definition) is 2. The van der Waals surface area contributed by atoms with Gasteiger partial charge in [-0.1, -0.05) is 12.1 Å². The van der Waals surface area contributed by atoms with Gasteiger partial charge in [0.05, 0.1) is 24.2 Å². The second kappa shape index (κ2) is 5.50. The zero-order valence-corrected chi connectivity index (χ0v) is 11.8. The number of nitrogens with two attached hydrogens (primary N) is 1. The summed E-state index contributed by atoms with van der Waals surface area (Å²) in [5.41, 5.74) is 5.22. The first-order valence-corrected chi connectivity index (χ1v) is 6.83. The van der Waals surface area contributed by atoms with Crippen LogP contribution in [0.15, 0.2) is 24.3 Å². The summed E-state index contributed by atoms with van der Waals surface area (Å²) in [6.45, 7) is 3.25. The highest BCUT2D eigenvalue weighted by Crippen LogP contribution is 2.40. The number of hydrogen-bond acceptors (Lipinski definition) is 3. The van der Waals surface area contributed by atoms with Crippen LogP contribution in [0.4, 0.5) is 4.39 Å². The number of carbonyl (C=O) groups is 1. The first kappa shape index (κ1) is 14.9. The molecule has 1 aliphatic heterocycles. The van der Waals surface area contributed by atoms with Gasteiger partial charge in [0.1, 0.15) is 5.82 Å². The van der Waals surface area contributed by atoms with Gasteiger partial charge in [-0.25, -0.2) is 4.39 Å². The Morgan fingerprint density at radius 2 is 2.20 bits per heavy atom. The van der Waals surface area contributed by atoms with E-state index in [2.05, 4.69) is 0 Å². The Bertz CT molecular complexity index is 499. The first-order chi connectivity index (χ1) is 9.34. The predicted octanol–water partition coefficient (Wildman–Crippen LogP) is 1.59. The maximum atomic E-state index is 13.4. The molecule has 0 spiro atoms. The maximum absolute atomic E-state index is 13.4. The number of aliphatic hydroxyl groups is 1. The van der Waals surface area contributed by atoms with E-state index in [1.54, 1.807) is 30.9 Å². The lowest BCUT2D eigenvalue weighted by molar-refractivity contribution is -0.137. The molecule has 1 saturated heterocycles. The molecule has 110 valence electrons. The fourth-order valence-electron chi connectivity index (χ4n) is 3.00. The number of amides is 1. The van der Waals surface area contributed by atoms with Crippen molar-refractivity contribution in [2.75, 3.05) is 6.54 Å². The summed E-state index contributed by atoms with van der Waals surface area (Å²) in [6.07, 6.45) is 1.38. The molecule has 3 N–H and O–H groups in total. The standard InChI is InChI=1S/C15H21FN2O2/c1-15(2,20)13-7-6-12(18(13)14(19)9-17)10-4-3-5-11(16)8-10/h3-5,8,12-13,20H,6-7,9,17H2,1-2H3/t12-,13+/m0/s1. The molecule has 20 heavy (non-hydrogen) atoms. The fraction of sp³-hybridized carbons (Fsp3) is 0.533. The van der Waals surface area contributed by atoms with E-state index in [0.29, 0.717) is 12.8 Å². The summed E-state index contributed by atoms with van der Waals surface area (Å²) in [5.74, 6) is -0.543. The van der Waals surface area contributed by atoms with Crippen LogP contribution in [0.25, 0.3) is 0 Å². The molecule has 0 bridgehead atoms. The fourth-order valence-corrected chi connectivity index (χ4v) is 3.00. The van der Waals surface area contributed by atoms with E-state index in [1.165, 1.54) is 12.1 Å². The van der Waals surface area contributed by atoms with Gasteiger partial charge in [-0.05, 0) is 44.4 Å². The number of carbonyl (C=O) groups excluding carboxylic acids is 1. The molecule has 1 aromatic carbocycles. The van der Waals surface area contributed by atoms with E-state index in [4.69, 9.17) is 5.73 Å². The van der Waals surface area contributed by atoms with E-state index in [-0.39, 0.29) is 30.4 Å². The predicted molar refractivity (Wildman–Crippen MR) is 74.4 cm³/mol. The van der Waals surface area contributed by atoms with E-state index in [1.807, 2.05) is 0 Å². The average Bonchev–Trinajstić information content (AvgIpc) is 2.82. The van der Waals surface area contributed by atoms with Crippen molar-refractivity contribution in [3.05, 3.63) is 35.6 Å². The third-order valence-electron chi connectivity index (χ3n) is 3.90. The number of nitrogens with zero attached hydrogens (tertiary/aromatic N) is 1. The highest BCUT2D eigenvalue weighted by molar-refractivity contribution is 5.79. The monoisotopic (exact) mass is 280 g/mol.